The molecule has 0 saturated carbocycles. The second-order valence-corrected chi connectivity index (χ2v) is 7.10. The van der Waals surface area contributed by atoms with E-state index in [1.807, 2.05) is 0 Å². The van der Waals surface area contributed by atoms with Gasteiger partial charge in [0.1, 0.15) is 30.0 Å². The monoisotopic (exact) mass is 423 g/mol. The minimum absolute atomic E-state index is 0.130. The predicted octanol–water partition coefficient (Wildman–Crippen LogP) is 1.94. The molecule has 0 amide bonds. The SMILES string of the molecule is COC[C@H]1O[C@@H](n2cnc3c(Nc4ccc(F)cc4Cl)nc(C)nc32)[C@H](O)[C@@H]1O. The number of benzene rings is 1. The van der Waals surface area contributed by atoms with Crippen LogP contribution < -0.4 is 5.32 Å². The van der Waals surface area contributed by atoms with Crippen LogP contribution in [0.25, 0.3) is 11.2 Å². The number of aromatic nitrogens is 4. The zero-order valence-corrected chi connectivity index (χ0v) is 16.3. The van der Waals surface area contributed by atoms with Crippen LogP contribution in [0.15, 0.2) is 24.5 Å². The number of nitrogens with one attached hydrogen (secondary N) is 1. The highest BCUT2D eigenvalue weighted by molar-refractivity contribution is 6.33. The molecular weight excluding hydrogens is 405 g/mol. The number of fused-ring (bicyclic) bond motifs is 1. The van der Waals surface area contributed by atoms with Gasteiger partial charge in [0, 0.05) is 7.11 Å². The molecule has 0 bridgehead atoms. The Balaban J connectivity index is 1.72. The second kappa shape index (κ2) is 7.81. The van der Waals surface area contributed by atoms with E-state index in [4.69, 9.17) is 21.1 Å². The van der Waals surface area contributed by atoms with Crippen molar-refractivity contribution in [2.45, 2.75) is 31.5 Å². The first-order chi connectivity index (χ1) is 13.9. The van der Waals surface area contributed by atoms with Gasteiger partial charge in [-0.05, 0) is 25.1 Å². The van der Waals surface area contributed by atoms with Gasteiger partial charge in [0.2, 0.25) is 0 Å². The van der Waals surface area contributed by atoms with Crippen LogP contribution in [-0.2, 0) is 9.47 Å². The lowest BCUT2D eigenvalue weighted by molar-refractivity contribution is -0.0580. The molecule has 0 aliphatic carbocycles. The molecule has 0 spiro atoms. The minimum Gasteiger partial charge on any atom is -0.387 e. The van der Waals surface area contributed by atoms with Gasteiger partial charge in [-0.1, -0.05) is 11.6 Å². The molecule has 9 nitrogen and oxygen atoms in total. The van der Waals surface area contributed by atoms with Crippen LogP contribution in [-0.4, -0.2) is 61.8 Å². The standard InChI is InChI=1S/C18H19ClFN5O4/c1-8-22-16(24-11-4-3-9(20)5-10(11)19)13-17(23-8)25(7-21-13)18-15(27)14(26)12(29-18)6-28-2/h3-5,7,12,14-15,18,26-27H,6H2,1-2H3,(H,22,23,24)/t12-,14-,15-,18-/m1/s1. The van der Waals surface area contributed by atoms with E-state index in [1.54, 1.807) is 6.92 Å². The number of aryl methyl sites for hydroxylation is 1. The van der Waals surface area contributed by atoms with Crippen molar-refractivity contribution < 1.29 is 24.1 Å². The van der Waals surface area contributed by atoms with Crippen molar-refractivity contribution in [2.75, 3.05) is 19.0 Å². The van der Waals surface area contributed by atoms with Gasteiger partial charge in [0.15, 0.2) is 23.2 Å². The van der Waals surface area contributed by atoms with Gasteiger partial charge in [0.05, 0.1) is 23.6 Å². The lowest BCUT2D eigenvalue weighted by atomic mass is 10.1. The highest BCUT2D eigenvalue weighted by Gasteiger charge is 2.44. The molecule has 4 atom stereocenters. The summed E-state index contributed by atoms with van der Waals surface area (Å²) in [6, 6.07) is 3.96. The molecule has 29 heavy (non-hydrogen) atoms. The van der Waals surface area contributed by atoms with Crippen molar-refractivity contribution >= 4 is 34.3 Å². The third-order valence-corrected chi connectivity index (χ3v) is 4.97. The number of aliphatic hydroxyl groups is 2. The molecule has 1 aromatic carbocycles. The largest absolute Gasteiger partial charge is 0.387 e. The Morgan fingerprint density at radius 1 is 1.31 bits per heavy atom. The van der Waals surface area contributed by atoms with Crippen LogP contribution in [0, 0.1) is 12.7 Å². The lowest BCUT2D eigenvalue weighted by Crippen LogP contribution is -2.33. The summed E-state index contributed by atoms with van der Waals surface area (Å²) in [7, 11) is 1.48. The molecule has 154 valence electrons. The number of methoxy groups -OCH3 is 1. The molecular formula is C18H19ClFN5O4. The summed E-state index contributed by atoms with van der Waals surface area (Å²) in [5.41, 5.74) is 1.25. The van der Waals surface area contributed by atoms with Crippen molar-refractivity contribution in [3.63, 3.8) is 0 Å². The van der Waals surface area contributed by atoms with Crippen molar-refractivity contribution in [1.82, 2.24) is 19.5 Å². The van der Waals surface area contributed by atoms with E-state index < -0.39 is 30.4 Å². The van der Waals surface area contributed by atoms with Gasteiger partial charge in [0.25, 0.3) is 0 Å². The lowest BCUT2D eigenvalue weighted by Gasteiger charge is -2.17. The summed E-state index contributed by atoms with van der Waals surface area (Å²) < 4.78 is 25.6. The Hall–Kier alpha value is -2.37. The van der Waals surface area contributed by atoms with E-state index in [1.165, 1.54) is 36.2 Å². The van der Waals surface area contributed by atoms with E-state index >= 15 is 0 Å². The van der Waals surface area contributed by atoms with Crippen molar-refractivity contribution in [1.29, 1.82) is 0 Å². The molecule has 2 aromatic heterocycles. The molecule has 3 heterocycles. The maximum Gasteiger partial charge on any atom is 0.167 e. The fraction of sp³-hybridized carbons (Fsp3) is 0.389. The van der Waals surface area contributed by atoms with Gasteiger partial charge in [-0.3, -0.25) is 4.57 Å². The highest BCUT2D eigenvalue weighted by atomic mass is 35.5. The zero-order chi connectivity index (χ0) is 20.7. The highest BCUT2D eigenvalue weighted by Crippen LogP contribution is 2.34. The Kier molecular flexibility index (Phi) is 5.36. The molecule has 0 radical (unpaired) electrons. The van der Waals surface area contributed by atoms with E-state index in [0.717, 1.165) is 0 Å². The van der Waals surface area contributed by atoms with E-state index in [-0.39, 0.29) is 11.6 Å². The molecule has 1 saturated heterocycles. The molecule has 3 N–H and O–H groups in total. The van der Waals surface area contributed by atoms with Gasteiger partial charge in [-0.15, -0.1) is 0 Å². The molecule has 4 rings (SSSR count). The Morgan fingerprint density at radius 2 is 2.10 bits per heavy atom. The fourth-order valence-corrected chi connectivity index (χ4v) is 3.49. The zero-order valence-electron chi connectivity index (χ0n) is 15.6. The summed E-state index contributed by atoms with van der Waals surface area (Å²) >= 11 is 6.10. The van der Waals surface area contributed by atoms with Crippen molar-refractivity contribution in [3.05, 3.63) is 41.2 Å². The molecule has 3 aromatic rings. The quantitative estimate of drug-likeness (QED) is 0.570. The van der Waals surface area contributed by atoms with Gasteiger partial charge >= 0.3 is 0 Å². The second-order valence-electron chi connectivity index (χ2n) is 6.69. The number of ether oxygens (including phenoxy) is 2. The molecule has 11 heteroatoms. The van der Waals surface area contributed by atoms with E-state index in [9.17, 15) is 14.6 Å². The number of anilines is 2. The van der Waals surface area contributed by atoms with Gasteiger partial charge in [-0.25, -0.2) is 19.3 Å². The Bertz CT molecular complexity index is 1050. The van der Waals surface area contributed by atoms with E-state index in [0.29, 0.717) is 28.5 Å². The molecule has 1 fully saturated rings. The summed E-state index contributed by atoms with van der Waals surface area (Å²) in [6.45, 7) is 1.83. The number of nitrogens with zero attached hydrogens (tertiary/aromatic N) is 4. The van der Waals surface area contributed by atoms with Crippen LogP contribution in [0.3, 0.4) is 0 Å². The number of aliphatic hydroxyl groups excluding tert-OH is 2. The normalized spacial score (nSPS) is 24.3. The Morgan fingerprint density at radius 3 is 2.83 bits per heavy atom. The van der Waals surface area contributed by atoms with Gasteiger partial charge in [-0.2, -0.15) is 0 Å². The summed E-state index contributed by atoms with van der Waals surface area (Å²) in [5, 5.41) is 23.9. The number of imidazole rings is 1. The average molecular weight is 424 g/mol. The van der Waals surface area contributed by atoms with Crippen molar-refractivity contribution in [3.8, 4) is 0 Å². The maximum atomic E-state index is 13.3. The Labute approximate surface area is 170 Å². The van der Waals surface area contributed by atoms with Crippen LogP contribution in [0.1, 0.15) is 12.1 Å². The van der Waals surface area contributed by atoms with E-state index in [2.05, 4.69) is 20.3 Å². The molecule has 1 aliphatic heterocycles. The van der Waals surface area contributed by atoms with Crippen molar-refractivity contribution in [2.24, 2.45) is 0 Å². The van der Waals surface area contributed by atoms with Crippen LogP contribution in [0.4, 0.5) is 15.9 Å². The average Bonchev–Trinajstić information content (AvgIpc) is 3.20. The molecule has 0 unspecified atom stereocenters. The smallest absolute Gasteiger partial charge is 0.167 e. The van der Waals surface area contributed by atoms with Crippen LogP contribution >= 0.6 is 11.6 Å². The first kappa shape index (κ1) is 19.9. The number of hydrogen-bond donors (Lipinski definition) is 3. The van der Waals surface area contributed by atoms with Crippen LogP contribution in [0.5, 0.6) is 0 Å². The number of rotatable bonds is 5. The first-order valence-electron chi connectivity index (χ1n) is 8.83. The molecule has 1 aliphatic rings. The van der Waals surface area contributed by atoms with Gasteiger partial charge < -0.3 is 25.0 Å². The predicted molar refractivity (Wildman–Crippen MR) is 103 cm³/mol. The van der Waals surface area contributed by atoms with Crippen LogP contribution in [0.2, 0.25) is 5.02 Å². The fourth-order valence-electron chi connectivity index (χ4n) is 3.28. The summed E-state index contributed by atoms with van der Waals surface area (Å²) in [6.07, 6.45) is -2.43. The third-order valence-electron chi connectivity index (χ3n) is 4.66. The first-order valence-corrected chi connectivity index (χ1v) is 9.20. The topological polar surface area (TPSA) is 115 Å². The maximum absolute atomic E-state index is 13.3. The summed E-state index contributed by atoms with van der Waals surface area (Å²) in [4.78, 5) is 13.1. The summed E-state index contributed by atoms with van der Waals surface area (Å²) in [5.74, 6) is 0.341. The number of hydrogen-bond acceptors (Lipinski definition) is 8. The number of halogens is 2. The third kappa shape index (κ3) is 3.65. The minimum atomic E-state index is -1.19.